The maximum absolute atomic E-state index is 12.0. The first-order chi connectivity index (χ1) is 9.47. The van der Waals surface area contributed by atoms with Crippen LogP contribution in [0.4, 0.5) is 5.82 Å². The highest BCUT2D eigenvalue weighted by Gasteiger charge is 2.12. The Morgan fingerprint density at radius 3 is 2.40 bits per heavy atom. The van der Waals surface area contributed by atoms with Gasteiger partial charge in [0.15, 0.2) is 0 Å². The molecule has 7 heteroatoms. The predicted molar refractivity (Wildman–Crippen MR) is 78.8 cm³/mol. The summed E-state index contributed by atoms with van der Waals surface area (Å²) in [4.78, 5) is 26.8. The van der Waals surface area contributed by atoms with Crippen molar-refractivity contribution in [1.29, 1.82) is 0 Å². The van der Waals surface area contributed by atoms with Crippen LogP contribution in [0, 0.1) is 0 Å². The van der Waals surface area contributed by atoms with E-state index in [9.17, 15) is 9.59 Å². The van der Waals surface area contributed by atoms with Crippen LogP contribution in [0.2, 0.25) is 10.0 Å². The zero-order chi connectivity index (χ0) is 14.7. The minimum Gasteiger partial charge on any atom is -0.307 e. The molecule has 1 aromatic heterocycles. The number of hydrogen-bond donors (Lipinski definition) is 1. The van der Waals surface area contributed by atoms with E-state index in [1.807, 2.05) is 0 Å². The van der Waals surface area contributed by atoms with Crippen LogP contribution in [-0.2, 0) is 0 Å². The third-order valence-electron chi connectivity index (χ3n) is 2.41. The zero-order valence-corrected chi connectivity index (χ0v) is 12.1. The lowest BCUT2D eigenvalue weighted by Gasteiger charge is -2.06. The summed E-state index contributed by atoms with van der Waals surface area (Å²) >= 11 is 17.0. The number of halogens is 3. The van der Waals surface area contributed by atoms with Gasteiger partial charge in [-0.3, -0.25) is 9.59 Å². The lowest BCUT2D eigenvalue weighted by molar-refractivity contribution is 0.102. The number of carbonyl (C=O) groups excluding carboxylic acids is 2. The Hall–Kier alpha value is -1.62. The van der Waals surface area contributed by atoms with Crippen molar-refractivity contribution >= 4 is 51.8 Å². The maximum atomic E-state index is 12.0. The highest BCUT2D eigenvalue weighted by molar-refractivity contribution is 6.67. The van der Waals surface area contributed by atoms with E-state index in [0.29, 0.717) is 5.02 Å². The molecule has 0 aliphatic carbocycles. The van der Waals surface area contributed by atoms with Crippen molar-refractivity contribution in [1.82, 2.24) is 4.98 Å². The Morgan fingerprint density at radius 1 is 1.10 bits per heavy atom. The summed E-state index contributed by atoms with van der Waals surface area (Å²) in [5, 5.41) is 2.62. The van der Waals surface area contributed by atoms with Crippen LogP contribution in [0.15, 0.2) is 36.5 Å². The van der Waals surface area contributed by atoms with E-state index in [-0.39, 0.29) is 22.0 Å². The quantitative estimate of drug-likeness (QED) is 0.865. The second kappa shape index (κ2) is 6.22. The van der Waals surface area contributed by atoms with Gasteiger partial charge in [-0.2, -0.15) is 0 Å². The molecule has 2 aromatic rings. The fourth-order valence-corrected chi connectivity index (χ4v) is 2.05. The fraction of sp³-hybridized carbons (Fsp3) is 0. The predicted octanol–water partition coefficient (Wildman–Crippen LogP) is 4.02. The van der Waals surface area contributed by atoms with Crippen LogP contribution in [0.25, 0.3) is 0 Å². The lowest BCUT2D eigenvalue weighted by Crippen LogP contribution is -2.13. The number of anilines is 1. The van der Waals surface area contributed by atoms with Gasteiger partial charge in [-0.25, -0.2) is 4.98 Å². The van der Waals surface area contributed by atoms with Crippen LogP contribution in [0.3, 0.4) is 0 Å². The van der Waals surface area contributed by atoms with Crippen LogP contribution < -0.4 is 5.32 Å². The Bertz CT molecular complexity index is 672. The molecule has 102 valence electrons. The summed E-state index contributed by atoms with van der Waals surface area (Å²) < 4.78 is 0. The van der Waals surface area contributed by atoms with Crippen molar-refractivity contribution in [2.45, 2.75) is 0 Å². The molecule has 0 saturated carbocycles. The molecule has 0 bridgehead atoms. The number of pyridine rings is 1. The molecule has 4 nitrogen and oxygen atoms in total. The molecule has 0 aliphatic rings. The van der Waals surface area contributed by atoms with E-state index in [2.05, 4.69) is 10.3 Å². The molecule has 2 rings (SSSR count). The van der Waals surface area contributed by atoms with Gasteiger partial charge in [-0.1, -0.05) is 23.2 Å². The minimum absolute atomic E-state index is 0.238. The second-order valence-electron chi connectivity index (χ2n) is 3.78. The lowest BCUT2D eigenvalue weighted by atomic mass is 10.2. The van der Waals surface area contributed by atoms with Crippen molar-refractivity contribution in [3.05, 3.63) is 57.7 Å². The Labute approximate surface area is 129 Å². The number of rotatable bonds is 3. The molecule has 0 atom stereocenters. The van der Waals surface area contributed by atoms with E-state index in [1.165, 1.54) is 30.5 Å². The van der Waals surface area contributed by atoms with E-state index >= 15 is 0 Å². The molecule has 1 N–H and O–H groups in total. The van der Waals surface area contributed by atoms with Gasteiger partial charge in [-0.05, 0) is 41.9 Å². The Kier molecular flexibility index (Phi) is 4.60. The molecule has 0 saturated heterocycles. The number of nitrogens with one attached hydrogen (secondary N) is 1. The molecule has 1 heterocycles. The van der Waals surface area contributed by atoms with Crippen molar-refractivity contribution in [2.24, 2.45) is 0 Å². The van der Waals surface area contributed by atoms with Crippen LogP contribution in [0.5, 0.6) is 0 Å². The largest absolute Gasteiger partial charge is 0.307 e. The summed E-state index contributed by atoms with van der Waals surface area (Å²) in [5.74, 6) is -0.146. The van der Waals surface area contributed by atoms with Gasteiger partial charge in [0, 0.05) is 11.2 Å². The van der Waals surface area contributed by atoms with Crippen molar-refractivity contribution < 1.29 is 9.59 Å². The molecule has 0 spiro atoms. The van der Waals surface area contributed by atoms with Gasteiger partial charge in [0.2, 0.25) is 0 Å². The summed E-state index contributed by atoms with van der Waals surface area (Å²) in [5.41, 5.74) is 0.518. The number of carbonyl (C=O) groups is 2. The summed E-state index contributed by atoms with van der Waals surface area (Å²) in [6.07, 6.45) is 1.27. The molecule has 1 amide bonds. The van der Waals surface area contributed by atoms with E-state index in [1.54, 1.807) is 6.07 Å². The average molecular weight is 330 g/mol. The first kappa shape index (κ1) is 14.8. The maximum Gasteiger partial charge on any atom is 0.258 e. The first-order valence-corrected chi connectivity index (χ1v) is 6.53. The van der Waals surface area contributed by atoms with Gasteiger partial charge in [0.25, 0.3) is 11.1 Å². The highest BCUT2D eigenvalue weighted by Crippen LogP contribution is 2.21. The SMILES string of the molecule is O=C(Cl)c1ccc(NC(=O)c2ccc(Cl)cc2Cl)nc1. The topological polar surface area (TPSA) is 59.1 Å². The second-order valence-corrected chi connectivity index (χ2v) is 4.97. The third kappa shape index (κ3) is 3.48. The molecule has 0 radical (unpaired) electrons. The third-order valence-corrected chi connectivity index (χ3v) is 3.17. The number of hydrogen-bond acceptors (Lipinski definition) is 3. The molecule has 0 fully saturated rings. The van der Waals surface area contributed by atoms with Crippen LogP contribution in [-0.4, -0.2) is 16.1 Å². The Morgan fingerprint density at radius 2 is 1.85 bits per heavy atom. The Balaban J connectivity index is 2.17. The van der Waals surface area contributed by atoms with Gasteiger partial charge in [-0.15, -0.1) is 0 Å². The van der Waals surface area contributed by atoms with Crippen molar-refractivity contribution in [3.8, 4) is 0 Å². The van der Waals surface area contributed by atoms with E-state index in [4.69, 9.17) is 34.8 Å². The van der Waals surface area contributed by atoms with Crippen LogP contribution >= 0.6 is 34.8 Å². The molecular formula is C13H7Cl3N2O2. The van der Waals surface area contributed by atoms with E-state index in [0.717, 1.165) is 0 Å². The molecule has 1 aromatic carbocycles. The molecule has 0 unspecified atom stereocenters. The average Bonchev–Trinajstić information content (AvgIpc) is 2.39. The summed E-state index contributed by atoms with van der Waals surface area (Å²) in [6.45, 7) is 0. The number of amides is 1. The summed E-state index contributed by atoms with van der Waals surface area (Å²) in [7, 11) is 0. The zero-order valence-electron chi connectivity index (χ0n) is 9.86. The van der Waals surface area contributed by atoms with Crippen molar-refractivity contribution in [2.75, 3.05) is 5.32 Å². The monoisotopic (exact) mass is 328 g/mol. The van der Waals surface area contributed by atoms with Gasteiger partial charge in [0.05, 0.1) is 16.1 Å². The molecule has 20 heavy (non-hydrogen) atoms. The van der Waals surface area contributed by atoms with Gasteiger partial charge >= 0.3 is 0 Å². The number of nitrogens with zero attached hydrogens (tertiary/aromatic N) is 1. The number of benzene rings is 1. The normalized spacial score (nSPS) is 10.2. The molecule has 0 aliphatic heterocycles. The van der Waals surface area contributed by atoms with Crippen molar-refractivity contribution in [3.63, 3.8) is 0 Å². The van der Waals surface area contributed by atoms with Gasteiger partial charge < -0.3 is 5.32 Å². The molecular weight excluding hydrogens is 323 g/mol. The minimum atomic E-state index is -0.615. The highest BCUT2D eigenvalue weighted by atomic mass is 35.5. The number of aromatic nitrogens is 1. The van der Waals surface area contributed by atoms with Crippen LogP contribution in [0.1, 0.15) is 20.7 Å². The fourth-order valence-electron chi connectivity index (χ4n) is 1.44. The smallest absolute Gasteiger partial charge is 0.258 e. The van der Waals surface area contributed by atoms with Gasteiger partial charge in [0.1, 0.15) is 5.82 Å². The standard InChI is InChI=1S/C13H7Cl3N2O2/c14-8-2-3-9(10(15)5-8)13(20)18-11-4-1-7(6-17-11)12(16)19/h1-6H,(H,17,18,20). The van der Waals surface area contributed by atoms with E-state index < -0.39 is 11.1 Å². The first-order valence-electron chi connectivity index (χ1n) is 5.39. The summed E-state index contributed by atoms with van der Waals surface area (Å²) in [6, 6.07) is 7.47.